The number of benzene rings is 1. The van der Waals surface area contributed by atoms with Crippen LogP contribution < -0.4 is 4.74 Å². The largest absolute Gasteiger partial charge is 0.493 e. The minimum atomic E-state index is 0.0989. The molecule has 0 N–H and O–H groups in total. The van der Waals surface area contributed by atoms with E-state index in [2.05, 4.69) is 51.7 Å². The first kappa shape index (κ1) is 15.6. The second-order valence-electron chi connectivity index (χ2n) is 5.91. The maximum atomic E-state index is 5.93. The van der Waals surface area contributed by atoms with Gasteiger partial charge in [0.05, 0.1) is 6.61 Å². The summed E-state index contributed by atoms with van der Waals surface area (Å²) in [5.74, 6) is 7.16. The Kier molecular flexibility index (Phi) is 5.48. The van der Waals surface area contributed by atoms with E-state index in [1.165, 1.54) is 16.7 Å². The lowest BCUT2D eigenvalue weighted by atomic mass is 9.83. The summed E-state index contributed by atoms with van der Waals surface area (Å²) in [6.07, 6.45) is 1.85. The summed E-state index contributed by atoms with van der Waals surface area (Å²) in [6.45, 7) is 13.5. The van der Waals surface area contributed by atoms with Gasteiger partial charge in [0, 0.05) is 12.0 Å². The molecule has 0 saturated carbocycles. The maximum absolute atomic E-state index is 5.93. The molecule has 0 atom stereocenters. The van der Waals surface area contributed by atoms with Gasteiger partial charge in [-0.1, -0.05) is 38.5 Å². The first-order valence-corrected chi connectivity index (χ1v) is 7.06. The number of ether oxygens (including phenoxy) is 1. The fourth-order valence-corrected chi connectivity index (χ4v) is 2.23. The topological polar surface area (TPSA) is 9.23 Å². The molecule has 0 saturated heterocycles. The standard InChI is InChI=1S/C18H26O/c1-7-9-10-11-15-12-14(3)13-16(18(4,5)6)17(15)19-8-2/h12-13H,8,10-11H2,1-6H3. The molecule has 0 unspecified atom stereocenters. The van der Waals surface area contributed by atoms with E-state index in [9.17, 15) is 0 Å². The second kappa shape index (κ2) is 6.66. The summed E-state index contributed by atoms with van der Waals surface area (Å²) in [7, 11) is 0. The fourth-order valence-electron chi connectivity index (χ4n) is 2.23. The van der Waals surface area contributed by atoms with E-state index in [1.54, 1.807) is 0 Å². The highest BCUT2D eigenvalue weighted by Gasteiger charge is 2.21. The number of aryl methyl sites for hydroxylation is 2. The van der Waals surface area contributed by atoms with Crippen molar-refractivity contribution < 1.29 is 4.74 Å². The van der Waals surface area contributed by atoms with Crippen LogP contribution in [-0.2, 0) is 11.8 Å². The van der Waals surface area contributed by atoms with E-state index in [0.29, 0.717) is 6.61 Å². The Morgan fingerprint density at radius 2 is 1.89 bits per heavy atom. The van der Waals surface area contributed by atoms with Crippen LogP contribution in [0.4, 0.5) is 0 Å². The number of hydrogen-bond donors (Lipinski definition) is 0. The van der Waals surface area contributed by atoms with Crippen molar-refractivity contribution in [3.63, 3.8) is 0 Å². The molecule has 0 aromatic heterocycles. The van der Waals surface area contributed by atoms with Crippen LogP contribution in [0.2, 0.25) is 0 Å². The average Bonchev–Trinajstić information content (AvgIpc) is 2.31. The van der Waals surface area contributed by atoms with Gasteiger partial charge >= 0.3 is 0 Å². The zero-order chi connectivity index (χ0) is 14.5. The monoisotopic (exact) mass is 258 g/mol. The van der Waals surface area contributed by atoms with Crippen LogP contribution in [0.5, 0.6) is 5.75 Å². The Labute approximate surface area is 118 Å². The zero-order valence-corrected chi connectivity index (χ0v) is 13.2. The molecule has 1 rings (SSSR count). The van der Waals surface area contributed by atoms with Crippen molar-refractivity contribution in [3.05, 3.63) is 28.8 Å². The van der Waals surface area contributed by atoms with Gasteiger partial charge < -0.3 is 4.74 Å². The predicted molar refractivity (Wildman–Crippen MR) is 82.8 cm³/mol. The fraction of sp³-hybridized carbons (Fsp3) is 0.556. The molecular weight excluding hydrogens is 232 g/mol. The van der Waals surface area contributed by atoms with E-state index >= 15 is 0 Å². The molecule has 1 nitrogen and oxygen atoms in total. The van der Waals surface area contributed by atoms with Crippen molar-refractivity contribution in [2.24, 2.45) is 0 Å². The van der Waals surface area contributed by atoms with Gasteiger partial charge in [0.15, 0.2) is 0 Å². The van der Waals surface area contributed by atoms with Crippen LogP contribution in [0, 0.1) is 18.8 Å². The van der Waals surface area contributed by atoms with Crippen LogP contribution in [0.25, 0.3) is 0 Å². The van der Waals surface area contributed by atoms with Gasteiger partial charge in [0.2, 0.25) is 0 Å². The van der Waals surface area contributed by atoms with Crippen LogP contribution in [0.15, 0.2) is 12.1 Å². The van der Waals surface area contributed by atoms with Crippen molar-refractivity contribution in [3.8, 4) is 17.6 Å². The molecule has 0 radical (unpaired) electrons. The minimum Gasteiger partial charge on any atom is -0.493 e. The van der Waals surface area contributed by atoms with E-state index in [0.717, 1.165) is 18.6 Å². The molecule has 0 amide bonds. The first-order valence-electron chi connectivity index (χ1n) is 7.06. The van der Waals surface area contributed by atoms with Crippen molar-refractivity contribution in [1.82, 2.24) is 0 Å². The third-order valence-corrected chi connectivity index (χ3v) is 3.10. The van der Waals surface area contributed by atoms with Crippen molar-refractivity contribution in [2.45, 2.75) is 59.8 Å². The Hall–Kier alpha value is -1.42. The third kappa shape index (κ3) is 4.31. The average molecular weight is 258 g/mol. The molecule has 0 aliphatic rings. The van der Waals surface area contributed by atoms with Crippen LogP contribution >= 0.6 is 0 Å². The minimum absolute atomic E-state index is 0.0989. The molecule has 19 heavy (non-hydrogen) atoms. The molecule has 1 aromatic carbocycles. The van der Waals surface area contributed by atoms with E-state index in [1.807, 2.05) is 13.8 Å². The molecule has 1 aromatic rings. The number of rotatable bonds is 4. The maximum Gasteiger partial charge on any atom is 0.126 e. The highest BCUT2D eigenvalue weighted by atomic mass is 16.5. The van der Waals surface area contributed by atoms with Gasteiger partial charge in [-0.2, -0.15) is 0 Å². The molecule has 0 heterocycles. The summed E-state index contributed by atoms with van der Waals surface area (Å²) in [5.41, 5.74) is 3.98. The summed E-state index contributed by atoms with van der Waals surface area (Å²) in [4.78, 5) is 0. The van der Waals surface area contributed by atoms with Crippen molar-refractivity contribution in [2.75, 3.05) is 6.61 Å². The van der Waals surface area contributed by atoms with Crippen LogP contribution in [-0.4, -0.2) is 6.61 Å². The van der Waals surface area contributed by atoms with E-state index in [-0.39, 0.29) is 5.41 Å². The molecule has 0 bridgehead atoms. The Morgan fingerprint density at radius 1 is 1.21 bits per heavy atom. The molecule has 0 fully saturated rings. The van der Waals surface area contributed by atoms with E-state index < -0.39 is 0 Å². The summed E-state index contributed by atoms with van der Waals surface area (Å²) < 4.78 is 5.93. The molecular formula is C18H26O. The molecule has 1 heteroatoms. The van der Waals surface area contributed by atoms with Gasteiger partial charge in [-0.25, -0.2) is 0 Å². The van der Waals surface area contributed by atoms with Gasteiger partial charge in [-0.05, 0) is 38.2 Å². The molecule has 0 aliphatic carbocycles. The van der Waals surface area contributed by atoms with Crippen LogP contribution in [0.1, 0.15) is 57.7 Å². The Morgan fingerprint density at radius 3 is 2.42 bits per heavy atom. The van der Waals surface area contributed by atoms with Crippen molar-refractivity contribution >= 4 is 0 Å². The van der Waals surface area contributed by atoms with Gasteiger partial charge in [0.25, 0.3) is 0 Å². The molecule has 0 spiro atoms. The lowest BCUT2D eigenvalue weighted by Crippen LogP contribution is -2.15. The lowest BCUT2D eigenvalue weighted by Gasteiger charge is -2.25. The SMILES string of the molecule is CC#CCCc1cc(C)cc(C(C)(C)C)c1OCC. The first-order chi connectivity index (χ1) is 8.90. The summed E-state index contributed by atoms with van der Waals surface area (Å²) in [6, 6.07) is 4.48. The lowest BCUT2D eigenvalue weighted by molar-refractivity contribution is 0.326. The van der Waals surface area contributed by atoms with Crippen LogP contribution in [0.3, 0.4) is 0 Å². The van der Waals surface area contributed by atoms with Gasteiger partial charge in [0.1, 0.15) is 5.75 Å². The van der Waals surface area contributed by atoms with Gasteiger partial charge in [-0.3, -0.25) is 0 Å². The zero-order valence-electron chi connectivity index (χ0n) is 13.2. The highest BCUT2D eigenvalue weighted by molar-refractivity contribution is 5.48. The van der Waals surface area contributed by atoms with Crippen molar-refractivity contribution in [1.29, 1.82) is 0 Å². The Bertz CT molecular complexity index is 481. The highest BCUT2D eigenvalue weighted by Crippen LogP contribution is 2.36. The Balaban J connectivity index is 3.25. The molecule has 104 valence electrons. The number of hydrogen-bond acceptors (Lipinski definition) is 1. The smallest absolute Gasteiger partial charge is 0.126 e. The quantitative estimate of drug-likeness (QED) is 0.714. The van der Waals surface area contributed by atoms with E-state index in [4.69, 9.17) is 4.74 Å². The molecule has 0 aliphatic heterocycles. The summed E-state index contributed by atoms with van der Waals surface area (Å²) in [5, 5.41) is 0. The third-order valence-electron chi connectivity index (χ3n) is 3.10. The second-order valence-corrected chi connectivity index (χ2v) is 5.91. The normalized spacial score (nSPS) is 10.8. The predicted octanol–water partition coefficient (Wildman–Crippen LogP) is 4.65. The van der Waals surface area contributed by atoms with Gasteiger partial charge in [-0.15, -0.1) is 11.8 Å². The summed E-state index contributed by atoms with van der Waals surface area (Å²) >= 11 is 0.